The number of carbonyl (C=O) groups excluding carboxylic acids is 2. The molecule has 0 bridgehead atoms. The van der Waals surface area contributed by atoms with Crippen LogP contribution in [-0.4, -0.2) is 24.6 Å². The van der Waals surface area contributed by atoms with Crippen molar-refractivity contribution in [2.45, 2.75) is 33.3 Å². The summed E-state index contributed by atoms with van der Waals surface area (Å²) in [5.41, 5.74) is 0. The van der Waals surface area contributed by atoms with Gasteiger partial charge in [0.05, 0.1) is 6.10 Å². The maximum Gasteiger partial charge on any atom is 0.344 e. The second-order valence-electron chi connectivity index (χ2n) is 2.82. The lowest BCUT2D eigenvalue weighted by molar-refractivity contribution is -0.159. The molecule has 0 aliphatic carbocycles. The number of ether oxygens (including phenoxy) is 2. The SMILES string of the molecule is C/C=C\C(=O)OCC(=O)OC(C)CC. The van der Waals surface area contributed by atoms with Crippen molar-refractivity contribution >= 4 is 11.9 Å². The summed E-state index contributed by atoms with van der Waals surface area (Å²) in [7, 11) is 0. The highest BCUT2D eigenvalue weighted by Gasteiger charge is 2.09. The molecule has 0 aromatic rings. The van der Waals surface area contributed by atoms with Gasteiger partial charge < -0.3 is 9.47 Å². The zero-order valence-corrected chi connectivity index (χ0v) is 8.78. The van der Waals surface area contributed by atoms with Crippen LogP contribution in [0, 0.1) is 0 Å². The van der Waals surface area contributed by atoms with Crippen LogP contribution in [0.5, 0.6) is 0 Å². The van der Waals surface area contributed by atoms with Crippen LogP contribution in [0.4, 0.5) is 0 Å². The standard InChI is InChI=1S/C10H16O4/c1-4-6-9(11)13-7-10(12)14-8(3)5-2/h4,6,8H,5,7H2,1-3H3/b6-4-. The van der Waals surface area contributed by atoms with E-state index in [-0.39, 0.29) is 12.7 Å². The van der Waals surface area contributed by atoms with Gasteiger partial charge in [-0.1, -0.05) is 13.0 Å². The van der Waals surface area contributed by atoms with Crippen molar-refractivity contribution in [1.82, 2.24) is 0 Å². The van der Waals surface area contributed by atoms with E-state index in [4.69, 9.17) is 4.74 Å². The van der Waals surface area contributed by atoms with Gasteiger partial charge in [-0.3, -0.25) is 0 Å². The summed E-state index contributed by atoms with van der Waals surface area (Å²) in [6, 6.07) is 0. The van der Waals surface area contributed by atoms with Gasteiger partial charge in [-0.25, -0.2) is 9.59 Å². The van der Waals surface area contributed by atoms with E-state index in [2.05, 4.69) is 4.74 Å². The van der Waals surface area contributed by atoms with E-state index < -0.39 is 11.9 Å². The first kappa shape index (κ1) is 12.7. The third-order valence-corrected chi connectivity index (χ3v) is 1.54. The Morgan fingerprint density at radius 2 is 2.07 bits per heavy atom. The van der Waals surface area contributed by atoms with E-state index in [1.165, 1.54) is 6.08 Å². The fourth-order valence-electron chi connectivity index (χ4n) is 0.656. The molecule has 0 rings (SSSR count). The predicted molar refractivity (Wildman–Crippen MR) is 51.6 cm³/mol. The number of hydrogen-bond acceptors (Lipinski definition) is 4. The van der Waals surface area contributed by atoms with Crippen molar-refractivity contribution in [1.29, 1.82) is 0 Å². The van der Waals surface area contributed by atoms with Crippen LogP contribution < -0.4 is 0 Å². The number of rotatable bonds is 5. The summed E-state index contributed by atoms with van der Waals surface area (Å²) in [5.74, 6) is -1.05. The van der Waals surface area contributed by atoms with Gasteiger partial charge in [-0.2, -0.15) is 0 Å². The van der Waals surface area contributed by atoms with Crippen molar-refractivity contribution in [3.05, 3.63) is 12.2 Å². The predicted octanol–water partition coefficient (Wildman–Crippen LogP) is 1.45. The Balaban J connectivity index is 3.69. The Hall–Kier alpha value is -1.32. The van der Waals surface area contributed by atoms with E-state index in [0.717, 1.165) is 6.42 Å². The van der Waals surface area contributed by atoms with E-state index in [1.807, 2.05) is 6.92 Å². The first-order valence-electron chi connectivity index (χ1n) is 4.59. The molecule has 0 radical (unpaired) electrons. The summed E-state index contributed by atoms with van der Waals surface area (Å²) in [6.45, 7) is 5.06. The van der Waals surface area contributed by atoms with Crippen LogP contribution in [0.15, 0.2) is 12.2 Å². The minimum Gasteiger partial charge on any atom is -0.460 e. The molecule has 0 aromatic heterocycles. The molecule has 0 saturated carbocycles. The van der Waals surface area contributed by atoms with Crippen LogP contribution in [0.25, 0.3) is 0 Å². The second-order valence-corrected chi connectivity index (χ2v) is 2.82. The molecule has 0 spiro atoms. The maximum absolute atomic E-state index is 11.0. The van der Waals surface area contributed by atoms with Crippen molar-refractivity contribution in [3.8, 4) is 0 Å². The highest BCUT2D eigenvalue weighted by Crippen LogP contribution is 1.96. The molecule has 0 aliphatic heterocycles. The fraction of sp³-hybridized carbons (Fsp3) is 0.600. The highest BCUT2D eigenvalue weighted by molar-refractivity contribution is 5.84. The fourth-order valence-corrected chi connectivity index (χ4v) is 0.656. The topological polar surface area (TPSA) is 52.6 Å². The average Bonchev–Trinajstić information content (AvgIpc) is 2.15. The summed E-state index contributed by atoms with van der Waals surface area (Å²) >= 11 is 0. The van der Waals surface area contributed by atoms with Crippen LogP contribution in [0.2, 0.25) is 0 Å². The molecule has 0 saturated heterocycles. The number of allylic oxidation sites excluding steroid dienone is 1. The van der Waals surface area contributed by atoms with Crippen molar-refractivity contribution < 1.29 is 19.1 Å². The quantitative estimate of drug-likeness (QED) is 0.498. The molecule has 14 heavy (non-hydrogen) atoms. The number of hydrogen-bond donors (Lipinski definition) is 0. The first-order chi connectivity index (χ1) is 6.60. The summed E-state index contributed by atoms with van der Waals surface area (Å²) < 4.78 is 9.48. The summed E-state index contributed by atoms with van der Waals surface area (Å²) in [4.78, 5) is 21.8. The largest absolute Gasteiger partial charge is 0.460 e. The molecule has 0 fully saturated rings. The molecule has 0 aliphatic rings. The molecule has 4 nitrogen and oxygen atoms in total. The Morgan fingerprint density at radius 1 is 1.43 bits per heavy atom. The van der Waals surface area contributed by atoms with Crippen molar-refractivity contribution in [3.63, 3.8) is 0 Å². The van der Waals surface area contributed by atoms with E-state index in [1.54, 1.807) is 19.9 Å². The first-order valence-corrected chi connectivity index (χ1v) is 4.59. The molecular formula is C10H16O4. The van der Waals surface area contributed by atoms with Gasteiger partial charge >= 0.3 is 11.9 Å². The van der Waals surface area contributed by atoms with Gasteiger partial charge in [-0.05, 0) is 20.3 Å². The average molecular weight is 200 g/mol. The third kappa shape index (κ3) is 6.22. The summed E-state index contributed by atoms with van der Waals surface area (Å²) in [5, 5.41) is 0. The van der Waals surface area contributed by atoms with Crippen LogP contribution >= 0.6 is 0 Å². The van der Waals surface area contributed by atoms with E-state index >= 15 is 0 Å². The maximum atomic E-state index is 11.0. The van der Waals surface area contributed by atoms with Crippen molar-refractivity contribution in [2.75, 3.05) is 6.61 Å². The molecule has 80 valence electrons. The highest BCUT2D eigenvalue weighted by atomic mass is 16.6. The minimum atomic E-state index is -0.534. The molecule has 0 aromatic carbocycles. The minimum absolute atomic E-state index is 0.136. The molecule has 1 unspecified atom stereocenters. The molecule has 1 atom stereocenters. The molecule has 4 heteroatoms. The monoisotopic (exact) mass is 200 g/mol. The number of esters is 2. The summed E-state index contributed by atoms with van der Waals surface area (Å²) in [6.07, 6.45) is 3.40. The normalized spacial score (nSPS) is 12.5. The Morgan fingerprint density at radius 3 is 2.57 bits per heavy atom. The van der Waals surface area contributed by atoms with Gasteiger partial charge in [0.2, 0.25) is 0 Å². The van der Waals surface area contributed by atoms with Crippen LogP contribution in [0.3, 0.4) is 0 Å². The van der Waals surface area contributed by atoms with Gasteiger partial charge in [0.25, 0.3) is 0 Å². The van der Waals surface area contributed by atoms with Gasteiger partial charge in [0, 0.05) is 6.08 Å². The second kappa shape index (κ2) is 7.12. The zero-order valence-electron chi connectivity index (χ0n) is 8.78. The van der Waals surface area contributed by atoms with Crippen molar-refractivity contribution in [2.24, 2.45) is 0 Å². The lowest BCUT2D eigenvalue weighted by atomic mass is 10.3. The van der Waals surface area contributed by atoms with Gasteiger partial charge in [0.1, 0.15) is 0 Å². The lowest BCUT2D eigenvalue weighted by Crippen LogP contribution is -2.20. The van der Waals surface area contributed by atoms with Gasteiger partial charge in [-0.15, -0.1) is 0 Å². The third-order valence-electron chi connectivity index (χ3n) is 1.54. The zero-order chi connectivity index (χ0) is 11.0. The molecule has 0 amide bonds. The van der Waals surface area contributed by atoms with Crippen LogP contribution in [-0.2, 0) is 19.1 Å². The van der Waals surface area contributed by atoms with Crippen LogP contribution in [0.1, 0.15) is 27.2 Å². The lowest BCUT2D eigenvalue weighted by Gasteiger charge is -2.10. The number of carbonyl (C=O) groups is 2. The Kier molecular flexibility index (Phi) is 6.45. The smallest absolute Gasteiger partial charge is 0.344 e. The molecular weight excluding hydrogens is 184 g/mol. The molecule has 0 N–H and O–H groups in total. The Labute approximate surface area is 83.9 Å². The van der Waals surface area contributed by atoms with E-state index in [0.29, 0.717) is 0 Å². The Bertz CT molecular complexity index is 220. The molecule has 0 heterocycles. The van der Waals surface area contributed by atoms with Gasteiger partial charge in [0.15, 0.2) is 6.61 Å². The van der Waals surface area contributed by atoms with E-state index in [9.17, 15) is 9.59 Å².